The summed E-state index contributed by atoms with van der Waals surface area (Å²) in [5.41, 5.74) is 1.15. The van der Waals surface area contributed by atoms with Gasteiger partial charge in [0.05, 0.1) is 6.54 Å². The molecule has 25 heavy (non-hydrogen) atoms. The number of likely N-dealkylation sites (tertiary alicyclic amines) is 1. The molecule has 0 spiro atoms. The molecule has 2 aliphatic rings. The second-order valence-corrected chi connectivity index (χ2v) is 7.28. The van der Waals surface area contributed by atoms with Crippen molar-refractivity contribution >= 4 is 0 Å². The minimum Gasteiger partial charge on any atom is -0.460 e. The fourth-order valence-corrected chi connectivity index (χ4v) is 4.14. The quantitative estimate of drug-likeness (QED) is 0.835. The molecular weight excluding hydrogens is 310 g/mol. The Morgan fingerprint density at radius 2 is 1.72 bits per heavy atom. The topological polar surface area (TPSA) is 22.9 Å². The highest BCUT2D eigenvalue weighted by Gasteiger charge is 2.30. The third-order valence-electron chi connectivity index (χ3n) is 5.72. The maximum absolute atomic E-state index is 6.08. The highest BCUT2D eigenvalue weighted by molar-refractivity contribution is 5.57. The summed E-state index contributed by atoms with van der Waals surface area (Å²) < 4.78 is 6.08. The van der Waals surface area contributed by atoms with Gasteiger partial charge in [-0.3, -0.25) is 9.80 Å². The van der Waals surface area contributed by atoms with Gasteiger partial charge in [-0.05, 0) is 25.1 Å². The summed E-state index contributed by atoms with van der Waals surface area (Å²) in [6, 6.07) is 15.3. The molecular formula is C21H29N3O. The highest BCUT2D eigenvalue weighted by Crippen LogP contribution is 2.24. The lowest BCUT2D eigenvalue weighted by atomic mass is 10.2. The SMILES string of the molecule is CCN1CCN(C2CCN(Cc3ccc(-c4ccccc4)o3)C2)CC1. The van der Waals surface area contributed by atoms with Crippen molar-refractivity contribution in [3.05, 3.63) is 48.2 Å². The van der Waals surface area contributed by atoms with E-state index in [4.69, 9.17) is 4.42 Å². The molecule has 0 N–H and O–H groups in total. The third kappa shape index (κ3) is 3.97. The molecule has 2 aliphatic heterocycles. The Labute approximate surface area is 151 Å². The zero-order valence-electron chi connectivity index (χ0n) is 15.2. The maximum atomic E-state index is 6.08. The van der Waals surface area contributed by atoms with Crippen LogP contribution in [0.15, 0.2) is 46.9 Å². The average Bonchev–Trinajstić information content (AvgIpc) is 3.33. The van der Waals surface area contributed by atoms with E-state index in [-0.39, 0.29) is 0 Å². The van der Waals surface area contributed by atoms with Crippen LogP contribution >= 0.6 is 0 Å². The first-order chi connectivity index (χ1) is 12.3. The van der Waals surface area contributed by atoms with E-state index in [9.17, 15) is 0 Å². The number of hydrogen-bond acceptors (Lipinski definition) is 4. The molecule has 4 nitrogen and oxygen atoms in total. The van der Waals surface area contributed by atoms with Crippen LogP contribution in [0.1, 0.15) is 19.1 Å². The molecule has 2 saturated heterocycles. The number of piperazine rings is 1. The molecule has 0 amide bonds. The first-order valence-electron chi connectivity index (χ1n) is 9.64. The van der Waals surface area contributed by atoms with Gasteiger partial charge in [0.2, 0.25) is 0 Å². The largest absolute Gasteiger partial charge is 0.460 e. The molecule has 2 aromatic rings. The molecule has 134 valence electrons. The van der Waals surface area contributed by atoms with Gasteiger partial charge < -0.3 is 9.32 Å². The van der Waals surface area contributed by atoms with Crippen LogP contribution in [0.4, 0.5) is 0 Å². The number of furan rings is 1. The zero-order valence-corrected chi connectivity index (χ0v) is 15.2. The van der Waals surface area contributed by atoms with E-state index < -0.39 is 0 Å². The normalized spacial score (nSPS) is 23.3. The lowest BCUT2D eigenvalue weighted by Gasteiger charge is -2.37. The van der Waals surface area contributed by atoms with E-state index in [1.165, 1.54) is 52.2 Å². The lowest BCUT2D eigenvalue weighted by molar-refractivity contribution is 0.100. The fourth-order valence-electron chi connectivity index (χ4n) is 4.14. The second kappa shape index (κ2) is 7.73. The van der Waals surface area contributed by atoms with Crippen LogP contribution in [-0.2, 0) is 6.54 Å². The van der Waals surface area contributed by atoms with E-state index in [2.05, 4.69) is 58.0 Å². The minimum absolute atomic E-state index is 0.725. The molecule has 2 fully saturated rings. The molecule has 1 aromatic heterocycles. The van der Waals surface area contributed by atoms with Crippen LogP contribution in [0.25, 0.3) is 11.3 Å². The van der Waals surface area contributed by atoms with Crippen molar-refractivity contribution in [3.8, 4) is 11.3 Å². The van der Waals surface area contributed by atoms with Crippen LogP contribution in [-0.4, -0.2) is 66.6 Å². The first-order valence-corrected chi connectivity index (χ1v) is 9.64. The van der Waals surface area contributed by atoms with E-state index in [0.29, 0.717) is 0 Å². The van der Waals surface area contributed by atoms with Crippen molar-refractivity contribution in [2.75, 3.05) is 45.8 Å². The Balaban J connectivity index is 1.31. The van der Waals surface area contributed by atoms with Crippen molar-refractivity contribution in [1.82, 2.24) is 14.7 Å². The van der Waals surface area contributed by atoms with Crippen molar-refractivity contribution in [2.24, 2.45) is 0 Å². The van der Waals surface area contributed by atoms with E-state index in [1.54, 1.807) is 0 Å². The van der Waals surface area contributed by atoms with Gasteiger partial charge in [0.1, 0.15) is 11.5 Å². The third-order valence-corrected chi connectivity index (χ3v) is 5.72. The lowest BCUT2D eigenvalue weighted by Crippen LogP contribution is -2.50. The summed E-state index contributed by atoms with van der Waals surface area (Å²) in [6.07, 6.45) is 1.29. The van der Waals surface area contributed by atoms with Crippen LogP contribution in [0.2, 0.25) is 0 Å². The average molecular weight is 339 g/mol. The number of benzene rings is 1. The van der Waals surface area contributed by atoms with Gasteiger partial charge in [-0.2, -0.15) is 0 Å². The van der Waals surface area contributed by atoms with Gasteiger partial charge in [-0.1, -0.05) is 37.3 Å². The predicted molar refractivity (Wildman–Crippen MR) is 102 cm³/mol. The number of hydrogen-bond donors (Lipinski definition) is 0. The molecule has 1 aromatic carbocycles. The molecule has 4 rings (SSSR count). The fraction of sp³-hybridized carbons (Fsp3) is 0.524. The summed E-state index contributed by atoms with van der Waals surface area (Å²) in [4.78, 5) is 7.80. The van der Waals surface area contributed by atoms with Crippen molar-refractivity contribution in [1.29, 1.82) is 0 Å². The monoisotopic (exact) mass is 339 g/mol. The summed E-state index contributed by atoms with van der Waals surface area (Å²) in [5, 5.41) is 0. The molecule has 1 atom stereocenters. The van der Waals surface area contributed by atoms with Gasteiger partial charge in [0, 0.05) is 50.9 Å². The maximum Gasteiger partial charge on any atom is 0.134 e. The predicted octanol–water partition coefficient (Wildman–Crippen LogP) is 3.16. The van der Waals surface area contributed by atoms with Crippen molar-refractivity contribution in [2.45, 2.75) is 25.9 Å². The number of rotatable bonds is 5. The summed E-state index contributed by atoms with van der Waals surface area (Å²) >= 11 is 0. The summed E-state index contributed by atoms with van der Waals surface area (Å²) in [6.45, 7) is 11.6. The number of nitrogens with zero attached hydrogens (tertiary/aromatic N) is 3. The summed E-state index contributed by atoms with van der Waals surface area (Å²) in [5.74, 6) is 2.05. The van der Waals surface area contributed by atoms with Crippen LogP contribution in [0.5, 0.6) is 0 Å². The summed E-state index contributed by atoms with van der Waals surface area (Å²) in [7, 11) is 0. The molecule has 0 aliphatic carbocycles. The minimum atomic E-state index is 0.725. The Bertz CT molecular complexity index is 661. The molecule has 3 heterocycles. The standard InChI is InChI=1S/C21H29N3O/c1-2-22-12-14-24(15-13-22)19-10-11-23(16-19)17-20-8-9-21(25-20)18-6-4-3-5-7-18/h3-9,19H,2,10-17H2,1H3. The molecule has 0 bridgehead atoms. The van der Waals surface area contributed by atoms with Gasteiger partial charge in [-0.15, -0.1) is 0 Å². The molecule has 1 unspecified atom stereocenters. The van der Waals surface area contributed by atoms with Gasteiger partial charge in [0.15, 0.2) is 0 Å². The Morgan fingerprint density at radius 3 is 2.48 bits per heavy atom. The highest BCUT2D eigenvalue weighted by atomic mass is 16.3. The smallest absolute Gasteiger partial charge is 0.134 e. The van der Waals surface area contributed by atoms with Gasteiger partial charge >= 0.3 is 0 Å². The van der Waals surface area contributed by atoms with Crippen LogP contribution in [0, 0.1) is 0 Å². The van der Waals surface area contributed by atoms with Crippen molar-refractivity contribution < 1.29 is 4.42 Å². The van der Waals surface area contributed by atoms with Crippen LogP contribution in [0.3, 0.4) is 0 Å². The Kier molecular flexibility index (Phi) is 5.20. The molecule has 0 radical (unpaired) electrons. The van der Waals surface area contributed by atoms with E-state index >= 15 is 0 Å². The van der Waals surface area contributed by atoms with Crippen LogP contribution < -0.4 is 0 Å². The molecule has 0 saturated carbocycles. The van der Waals surface area contributed by atoms with Crippen molar-refractivity contribution in [3.63, 3.8) is 0 Å². The zero-order chi connectivity index (χ0) is 17.1. The Hall–Kier alpha value is -1.62. The van der Waals surface area contributed by atoms with Gasteiger partial charge in [0.25, 0.3) is 0 Å². The number of likely N-dealkylation sites (N-methyl/N-ethyl adjacent to an activating group) is 1. The van der Waals surface area contributed by atoms with Gasteiger partial charge in [-0.25, -0.2) is 0 Å². The van der Waals surface area contributed by atoms with E-state index in [1.807, 2.05) is 6.07 Å². The van der Waals surface area contributed by atoms with E-state index in [0.717, 1.165) is 29.7 Å². The second-order valence-electron chi connectivity index (χ2n) is 7.28. The Morgan fingerprint density at radius 1 is 0.920 bits per heavy atom. The molecule has 4 heteroatoms. The first kappa shape index (κ1) is 16.8.